The maximum atomic E-state index is 8.98. The summed E-state index contributed by atoms with van der Waals surface area (Å²) in [5, 5.41) is 35.5. The van der Waals surface area contributed by atoms with Crippen LogP contribution in [0.3, 0.4) is 0 Å². The highest BCUT2D eigenvalue weighted by Gasteiger charge is 2.30. The molecular formula is C13H26O4. The van der Waals surface area contributed by atoms with E-state index in [0.717, 1.165) is 25.7 Å². The van der Waals surface area contributed by atoms with Crippen molar-refractivity contribution in [3.05, 3.63) is 0 Å². The van der Waals surface area contributed by atoms with Gasteiger partial charge in [-0.25, -0.2) is 0 Å². The van der Waals surface area contributed by atoms with Gasteiger partial charge in [0.15, 0.2) is 5.79 Å². The zero-order chi connectivity index (χ0) is 12.8. The van der Waals surface area contributed by atoms with E-state index in [1.165, 1.54) is 19.3 Å². The number of aliphatic hydroxyl groups excluding tert-OH is 2. The third-order valence-electron chi connectivity index (χ3n) is 3.99. The van der Waals surface area contributed by atoms with E-state index < -0.39 is 5.79 Å². The van der Waals surface area contributed by atoms with Crippen LogP contribution in [0.15, 0.2) is 0 Å². The Hall–Kier alpha value is -0.160. The second-order valence-corrected chi connectivity index (χ2v) is 5.57. The lowest BCUT2D eigenvalue weighted by atomic mass is 9.75. The summed E-state index contributed by atoms with van der Waals surface area (Å²) in [7, 11) is 0. The first-order valence-electron chi connectivity index (χ1n) is 6.70. The molecule has 0 radical (unpaired) electrons. The SMILES string of the molecule is OC1(O)CCCC1.OCC1(CO)CCCCC1. The van der Waals surface area contributed by atoms with Gasteiger partial charge >= 0.3 is 0 Å². The van der Waals surface area contributed by atoms with Crippen LogP contribution in [-0.2, 0) is 0 Å². The summed E-state index contributed by atoms with van der Waals surface area (Å²) in [4.78, 5) is 0. The third-order valence-corrected chi connectivity index (χ3v) is 3.99. The lowest BCUT2D eigenvalue weighted by molar-refractivity contribution is -0.152. The molecule has 0 heterocycles. The molecule has 2 saturated carbocycles. The zero-order valence-corrected chi connectivity index (χ0v) is 10.6. The van der Waals surface area contributed by atoms with Gasteiger partial charge < -0.3 is 20.4 Å². The summed E-state index contributed by atoms with van der Waals surface area (Å²) in [6.45, 7) is 0.312. The molecule has 4 N–H and O–H groups in total. The molecule has 17 heavy (non-hydrogen) atoms. The molecule has 2 aliphatic rings. The first kappa shape index (κ1) is 14.9. The number of aliphatic hydroxyl groups is 4. The lowest BCUT2D eigenvalue weighted by Crippen LogP contribution is -2.31. The van der Waals surface area contributed by atoms with Crippen molar-refractivity contribution in [1.82, 2.24) is 0 Å². The van der Waals surface area contributed by atoms with Gasteiger partial charge in [-0.3, -0.25) is 0 Å². The van der Waals surface area contributed by atoms with E-state index in [9.17, 15) is 0 Å². The Morgan fingerprint density at radius 1 is 0.647 bits per heavy atom. The van der Waals surface area contributed by atoms with E-state index >= 15 is 0 Å². The Bertz CT molecular complexity index is 195. The molecule has 0 aliphatic heterocycles. The quantitative estimate of drug-likeness (QED) is 0.551. The fraction of sp³-hybridized carbons (Fsp3) is 1.00. The van der Waals surface area contributed by atoms with E-state index in [1.807, 2.05) is 0 Å². The van der Waals surface area contributed by atoms with Crippen LogP contribution >= 0.6 is 0 Å². The van der Waals surface area contributed by atoms with Gasteiger partial charge in [0.1, 0.15) is 0 Å². The second-order valence-electron chi connectivity index (χ2n) is 5.57. The summed E-state index contributed by atoms with van der Waals surface area (Å²) < 4.78 is 0. The average Bonchev–Trinajstić information content (AvgIpc) is 2.75. The average molecular weight is 246 g/mol. The Labute approximate surface area is 103 Å². The molecule has 0 atom stereocenters. The van der Waals surface area contributed by atoms with Crippen molar-refractivity contribution in [1.29, 1.82) is 0 Å². The van der Waals surface area contributed by atoms with E-state index in [1.54, 1.807) is 0 Å². The van der Waals surface area contributed by atoms with Crippen molar-refractivity contribution in [2.24, 2.45) is 5.41 Å². The first-order valence-corrected chi connectivity index (χ1v) is 6.70. The fourth-order valence-electron chi connectivity index (χ4n) is 2.61. The Balaban J connectivity index is 0.000000181. The van der Waals surface area contributed by atoms with Crippen molar-refractivity contribution in [3.63, 3.8) is 0 Å². The summed E-state index contributed by atoms with van der Waals surface area (Å²) in [6, 6.07) is 0. The van der Waals surface area contributed by atoms with Crippen LogP contribution in [0.25, 0.3) is 0 Å². The van der Waals surface area contributed by atoms with Crippen LogP contribution in [-0.4, -0.2) is 39.4 Å². The van der Waals surface area contributed by atoms with Crippen molar-refractivity contribution < 1.29 is 20.4 Å². The molecule has 102 valence electrons. The van der Waals surface area contributed by atoms with E-state index in [0.29, 0.717) is 12.8 Å². The molecule has 0 spiro atoms. The minimum atomic E-state index is -1.31. The highest BCUT2D eigenvalue weighted by atomic mass is 16.5. The van der Waals surface area contributed by atoms with Crippen molar-refractivity contribution in [3.8, 4) is 0 Å². The molecule has 4 heteroatoms. The van der Waals surface area contributed by atoms with Crippen molar-refractivity contribution in [2.75, 3.05) is 13.2 Å². The van der Waals surface area contributed by atoms with Gasteiger partial charge in [-0.2, -0.15) is 0 Å². The van der Waals surface area contributed by atoms with Gasteiger partial charge in [-0.1, -0.05) is 19.3 Å². The van der Waals surface area contributed by atoms with Gasteiger partial charge in [0.05, 0.1) is 13.2 Å². The van der Waals surface area contributed by atoms with E-state index in [-0.39, 0.29) is 18.6 Å². The molecule has 2 aliphatic carbocycles. The van der Waals surface area contributed by atoms with Crippen molar-refractivity contribution in [2.45, 2.75) is 63.6 Å². The molecule has 0 saturated heterocycles. The molecule has 0 bridgehead atoms. The Morgan fingerprint density at radius 2 is 1.06 bits per heavy atom. The van der Waals surface area contributed by atoms with Gasteiger partial charge in [0.2, 0.25) is 0 Å². The van der Waals surface area contributed by atoms with Crippen molar-refractivity contribution >= 4 is 0 Å². The van der Waals surface area contributed by atoms with Gasteiger partial charge in [-0.15, -0.1) is 0 Å². The molecule has 4 nitrogen and oxygen atoms in total. The number of hydrogen-bond acceptors (Lipinski definition) is 4. The third kappa shape index (κ3) is 4.92. The first-order chi connectivity index (χ1) is 8.04. The van der Waals surface area contributed by atoms with Crippen LogP contribution in [0.4, 0.5) is 0 Å². The summed E-state index contributed by atoms with van der Waals surface area (Å²) in [5.74, 6) is -1.31. The summed E-state index contributed by atoms with van der Waals surface area (Å²) in [5.41, 5.74) is -0.127. The van der Waals surface area contributed by atoms with Crippen LogP contribution in [0.2, 0.25) is 0 Å². The number of hydrogen-bond donors (Lipinski definition) is 4. The van der Waals surface area contributed by atoms with Crippen LogP contribution < -0.4 is 0 Å². The second kappa shape index (κ2) is 6.69. The topological polar surface area (TPSA) is 80.9 Å². The lowest BCUT2D eigenvalue weighted by Gasteiger charge is -2.33. The monoisotopic (exact) mass is 246 g/mol. The van der Waals surface area contributed by atoms with Gasteiger partial charge in [0.25, 0.3) is 0 Å². The van der Waals surface area contributed by atoms with Gasteiger partial charge in [0, 0.05) is 18.3 Å². The largest absolute Gasteiger partial charge is 0.396 e. The minimum absolute atomic E-state index is 0.127. The fourth-order valence-corrected chi connectivity index (χ4v) is 2.61. The minimum Gasteiger partial charge on any atom is -0.396 e. The van der Waals surface area contributed by atoms with Crippen LogP contribution in [0.1, 0.15) is 57.8 Å². The van der Waals surface area contributed by atoms with E-state index in [2.05, 4.69) is 0 Å². The highest BCUT2D eigenvalue weighted by molar-refractivity contribution is 4.81. The summed E-state index contributed by atoms with van der Waals surface area (Å²) in [6.07, 6.45) is 8.66. The zero-order valence-electron chi connectivity index (χ0n) is 10.6. The highest BCUT2D eigenvalue weighted by Crippen LogP contribution is 2.34. The maximum absolute atomic E-state index is 8.98. The Kier molecular flexibility index (Phi) is 5.86. The molecule has 0 aromatic rings. The van der Waals surface area contributed by atoms with E-state index in [4.69, 9.17) is 20.4 Å². The standard InChI is InChI=1S/C8H16O2.C5H10O2/c9-6-8(7-10)4-2-1-3-5-8;6-5(7)3-1-2-4-5/h9-10H,1-7H2;6-7H,1-4H2. The molecule has 0 amide bonds. The van der Waals surface area contributed by atoms with Crippen LogP contribution in [0, 0.1) is 5.41 Å². The molecule has 0 aromatic heterocycles. The predicted molar refractivity (Wildman–Crippen MR) is 65.3 cm³/mol. The molecule has 2 rings (SSSR count). The predicted octanol–water partition coefficient (Wildman–Crippen LogP) is 1.16. The summed E-state index contributed by atoms with van der Waals surface area (Å²) >= 11 is 0. The number of rotatable bonds is 2. The Morgan fingerprint density at radius 3 is 1.29 bits per heavy atom. The van der Waals surface area contributed by atoms with Gasteiger partial charge in [-0.05, 0) is 25.7 Å². The molecular weight excluding hydrogens is 220 g/mol. The molecule has 0 unspecified atom stereocenters. The molecule has 2 fully saturated rings. The molecule has 0 aromatic carbocycles. The normalized spacial score (nSPS) is 26.1. The van der Waals surface area contributed by atoms with Crippen LogP contribution in [0.5, 0.6) is 0 Å². The maximum Gasteiger partial charge on any atom is 0.162 e. The smallest absolute Gasteiger partial charge is 0.162 e.